The van der Waals surface area contributed by atoms with Gasteiger partial charge in [0.25, 0.3) is 0 Å². The predicted molar refractivity (Wildman–Crippen MR) is 64.2 cm³/mol. The van der Waals surface area contributed by atoms with Crippen molar-refractivity contribution in [2.24, 2.45) is 0 Å². The molecular formula is C12H13N5. The molecule has 0 saturated carbocycles. The molecule has 1 aliphatic heterocycles. The summed E-state index contributed by atoms with van der Waals surface area (Å²) in [5.74, 6) is 2.66. The van der Waals surface area contributed by atoms with Crippen molar-refractivity contribution in [3.63, 3.8) is 0 Å². The van der Waals surface area contributed by atoms with E-state index in [1.807, 2.05) is 24.1 Å². The maximum atomic E-state index is 8.80. The highest BCUT2D eigenvalue weighted by Crippen LogP contribution is 2.15. The van der Waals surface area contributed by atoms with E-state index in [4.69, 9.17) is 10.7 Å². The van der Waals surface area contributed by atoms with Crippen molar-refractivity contribution in [3.05, 3.63) is 23.7 Å². The van der Waals surface area contributed by atoms with Gasteiger partial charge in [-0.25, -0.2) is 0 Å². The first-order valence-electron chi connectivity index (χ1n) is 5.66. The van der Waals surface area contributed by atoms with Gasteiger partial charge >= 0.3 is 5.70 Å². The molecule has 0 amide bonds. The number of hydrogen-bond acceptors (Lipinski definition) is 3. The molecule has 1 aromatic rings. The Bertz CT molecular complexity index is 490. The van der Waals surface area contributed by atoms with Crippen molar-refractivity contribution in [2.75, 3.05) is 18.0 Å². The highest BCUT2D eigenvalue weighted by atomic mass is 15.3. The summed E-state index contributed by atoms with van der Waals surface area (Å²) >= 11 is 0. The predicted octanol–water partition coefficient (Wildman–Crippen LogP) is 0.963. The van der Waals surface area contributed by atoms with Gasteiger partial charge in [0.05, 0.1) is 0 Å². The van der Waals surface area contributed by atoms with Crippen LogP contribution in [0.15, 0.2) is 18.3 Å². The van der Waals surface area contributed by atoms with E-state index in [2.05, 4.69) is 10.00 Å². The van der Waals surface area contributed by atoms with Crippen LogP contribution in [-0.4, -0.2) is 24.1 Å². The molecule has 2 heterocycles. The largest absolute Gasteiger partial charge is 0.757 e. The van der Waals surface area contributed by atoms with E-state index in [0.717, 1.165) is 18.9 Å². The van der Waals surface area contributed by atoms with Crippen LogP contribution in [0.25, 0.3) is 11.1 Å². The number of rotatable bonds is 2. The Balaban J connectivity index is 2.28. The van der Waals surface area contributed by atoms with Crippen LogP contribution < -0.4 is 9.58 Å². The van der Waals surface area contributed by atoms with Crippen LogP contribution in [0.2, 0.25) is 0 Å². The molecule has 5 heteroatoms. The minimum absolute atomic E-state index is 0.0103. The van der Waals surface area contributed by atoms with Crippen LogP contribution in [-0.2, 0) is 0 Å². The summed E-state index contributed by atoms with van der Waals surface area (Å²) in [7, 11) is 0. The number of allylic oxidation sites excluding steroid dienone is 1. The second-order valence-electron chi connectivity index (χ2n) is 3.93. The lowest BCUT2D eigenvalue weighted by atomic mass is 10.1. The van der Waals surface area contributed by atoms with Crippen LogP contribution in [0.4, 0.5) is 5.82 Å². The number of anilines is 1. The van der Waals surface area contributed by atoms with E-state index in [1.165, 1.54) is 23.9 Å². The van der Waals surface area contributed by atoms with E-state index in [9.17, 15) is 0 Å². The van der Waals surface area contributed by atoms with E-state index in [-0.39, 0.29) is 5.70 Å². The van der Waals surface area contributed by atoms with Crippen molar-refractivity contribution < 1.29 is 4.68 Å². The summed E-state index contributed by atoms with van der Waals surface area (Å²) in [4.78, 5) is 2.19. The number of nitriles is 1. The van der Waals surface area contributed by atoms with Gasteiger partial charge in [-0.05, 0) is 30.0 Å². The summed E-state index contributed by atoms with van der Waals surface area (Å²) in [6.45, 7) is 1.98. The molecule has 0 unspecified atom stereocenters. The Morgan fingerprint density at radius 3 is 2.82 bits per heavy atom. The Hall–Kier alpha value is -2.18. The van der Waals surface area contributed by atoms with Crippen LogP contribution in [0.3, 0.4) is 0 Å². The molecule has 0 aliphatic carbocycles. The first-order chi connectivity index (χ1) is 8.35. The Morgan fingerprint density at radius 2 is 2.18 bits per heavy atom. The average Bonchev–Trinajstić information content (AvgIpc) is 2.42. The molecular weight excluding hydrogens is 214 g/mol. The van der Waals surface area contributed by atoms with Gasteiger partial charge in [-0.1, -0.05) is 0 Å². The molecule has 2 rings (SSSR count). The number of aromatic nitrogens is 2. The molecule has 0 atom stereocenters. The zero-order valence-corrected chi connectivity index (χ0v) is 9.50. The van der Waals surface area contributed by atoms with Crippen molar-refractivity contribution in [1.82, 2.24) is 5.10 Å². The molecule has 1 aliphatic rings. The molecule has 17 heavy (non-hydrogen) atoms. The average molecular weight is 227 g/mol. The van der Waals surface area contributed by atoms with Gasteiger partial charge in [0.15, 0.2) is 11.9 Å². The molecule has 86 valence electrons. The van der Waals surface area contributed by atoms with Crippen LogP contribution in [0.1, 0.15) is 19.3 Å². The Morgan fingerprint density at radius 1 is 1.41 bits per heavy atom. The first-order valence-corrected chi connectivity index (χ1v) is 5.66. The van der Waals surface area contributed by atoms with Crippen LogP contribution in [0, 0.1) is 11.3 Å². The van der Waals surface area contributed by atoms with E-state index >= 15 is 0 Å². The van der Waals surface area contributed by atoms with E-state index in [1.54, 1.807) is 6.20 Å². The summed E-state index contributed by atoms with van der Waals surface area (Å²) in [6, 6.07) is 5.56. The molecule has 1 saturated heterocycles. The van der Waals surface area contributed by atoms with Crippen LogP contribution in [0.5, 0.6) is 0 Å². The quantitative estimate of drug-likeness (QED) is 0.429. The lowest BCUT2D eigenvalue weighted by molar-refractivity contribution is -0.640. The van der Waals surface area contributed by atoms with Gasteiger partial charge in [-0.15, -0.1) is 0 Å². The summed E-state index contributed by atoms with van der Waals surface area (Å²) < 4.78 is 1.34. The van der Waals surface area contributed by atoms with Gasteiger partial charge < -0.3 is 10.3 Å². The standard InChI is InChI=1S/C12H13N5/c13-9-11(10-14)17-8-4-5-12(15-17)16-6-2-1-3-7-16/h4-5,8H,1-3,6-7H2. The van der Waals surface area contributed by atoms with Crippen molar-refractivity contribution >= 4 is 17.4 Å². The van der Waals surface area contributed by atoms with E-state index in [0.29, 0.717) is 0 Å². The number of nitrogens with zero attached hydrogens (tertiary/aromatic N) is 5. The zero-order chi connectivity index (χ0) is 12.1. The number of piperidine rings is 1. The molecule has 0 aromatic carbocycles. The molecule has 0 N–H and O–H groups in total. The molecule has 0 radical (unpaired) electrons. The Kier molecular flexibility index (Phi) is 3.49. The highest BCUT2D eigenvalue weighted by Gasteiger charge is 2.16. The van der Waals surface area contributed by atoms with Gasteiger partial charge in [0, 0.05) is 24.3 Å². The minimum Gasteiger partial charge on any atom is -0.757 e. The third-order valence-corrected chi connectivity index (χ3v) is 2.80. The maximum absolute atomic E-state index is 8.80. The smallest absolute Gasteiger partial charge is 0.335 e. The lowest BCUT2D eigenvalue weighted by Crippen LogP contribution is -2.39. The summed E-state index contributed by atoms with van der Waals surface area (Å²) in [5, 5.41) is 21.9. The fourth-order valence-corrected chi connectivity index (χ4v) is 1.93. The van der Waals surface area contributed by atoms with Crippen molar-refractivity contribution in [2.45, 2.75) is 19.3 Å². The van der Waals surface area contributed by atoms with Gasteiger partial charge in [-0.3, -0.25) is 0 Å². The number of hydrogen-bond donors (Lipinski definition) is 0. The normalized spacial score (nSPS) is 14.9. The maximum Gasteiger partial charge on any atom is 0.335 e. The fraction of sp³-hybridized carbons (Fsp3) is 0.417. The van der Waals surface area contributed by atoms with Gasteiger partial charge in [0.2, 0.25) is 6.20 Å². The van der Waals surface area contributed by atoms with Crippen LogP contribution >= 0.6 is 0 Å². The SMILES string of the molecule is N#CC(=C=[N-])[n+]1cccc(N2CCCCC2)n1. The molecule has 5 nitrogen and oxygen atoms in total. The fourth-order valence-electron chi connectivity index (χ4n) is 1.93. The molecule has 1 fully saturated rings. The first kappa shape index (κ1) is 11.3. The van der Waals surface area contributed by atoms with Crippen molar-refractivity contribution in [1.29, 1.82) is 5.26 Å². The molecule has 0 spiro atoms. The minimum atomic E-state index is -0.0103. The highest BCUT2D eigenvalue weighted by molar-refractivity contribution is 5.83. The molecule has 0 bridgehead atoms. The molecule has 1 aromatic heterocycles. The van der Waals surface area contributed by atoms with Crippen molar-refractivity contribution in [3.8, 4) is 6.07 Å². The second-order valence-corrected chi connectivity index (χ2v) is 3.93. The van der Waals surface area contributed by atoms with Gasteiger partial charge in [0.1, 0.15) is 0 Å². The Labute approximate surface area is 100 Å². The summed E-state index contributed by atoms with van der Waals surface area (Å²) in [6.07, 6.45) is 5.22. The van der Waals surface area contributed by atoms with Gasteiger partial charge in [-0.2, -0.15) is 11.1 Å². The third-order valence-electron chi connectivity index (χ3n) is 2.80. The topological polar surface area (TPSA) is 66.1 Å². The zero-order valence-electron chi connectivity index (χ0n) is 9.50. The van der Waals surface area contributed by atoms with E-state index < -0.39 is 0 Å². The summed E-state index contributed by atoms with van der Waals surface area (Å²) in [5.41, 5.74) is -0.0103. The second kappa shape index (κ2) is 5.24. The third kappa shape index (κ3) is 2.49. The monoisotopic (exact) mass is 227 g/mol. The lowest BCUT2D eigenvalue weighted by Gasteiger charge is -2.26.